The van der Waals surface area contributed by atoms with E-state index in [0.717, 1.165) is 17.3 Å². The summed E-state index contributed by atoms with van der Waals surface area (Å²) in [5, 5.41) is 13.4. The van der Waals surface area contributed by atoms with Gasteiger partial charge in [-0.15, -0.1) is 0 Å². The molecule has 21 heavy (non-hydrogen) atoms. The van der Waals surface area contributed by atoms with Crippen LogP contribution in [0.15, 0.2) is 35.4 Å². The molecule has 0 saturated carbocycles. The number of benzene rings is 1. The van der Waals surface area contributed by atoms with E-state index >= 15 is 0 Å². The molecule has 0 unspecified atom stereocenters. The summed E-state index contributed by atoms with van der Waals surface area (Å²) in [6.45, 7) is 0.245. The highest BCUT2D eigenvalue weighted by Crippen LogP contribution is 2.26. The van der Waals surface area contributed by atoms with Crippen molar-refractivity contribution >= 4 is 29.3 Å². The third-order valence-corrected chi connectivity index (χ3v) is 3.80. The Bertz CT molecular complexity index is 649. The zero-order valence-electron chi connectivity index (χ0n) is 10.7. The second-order valence-electron chi connectivity index (χ2n) is 4.18. The fraction of sp³-hybridized carbons (Fsp3) is 0.231. The lowest BCUT2D eigenvalue weighted by atomic mass is 10.2. The summed E-state index contributed by atoms with van der Waals surface area (Å²) >= 11 is 6.83. The average Bonchev–Trinajstić information content (AvgIpc) is 2.80. The fourth-order valence-electron chi connectivity index (χ4n) is 1.70. The van der Waals surface area contributed by atoms with Gasteiger partial charge in [0.1, 0.15) is 5.69 Å². The molecule has 1 aromatic carbocycles. The van der Waals surface area contributed by atoms with Crippen LogP contribution in [0.25, 0.3) is 0 Å². The van der Waals surface area contributed by atoms with Crippen LogP contribution >= 0.6 is 23.4 Å². The molecule has 2 rings (SSSR count). The summed E-state index contributed by atoms with van der Waals surface area (Å²) in [7, 11) is 0. The first-order chi connectivity index (χ1) is 9.95. The van der Waals surface area contributed by atoms with Gasteiger partial charge in [-0.3, -0.25) is 9.48 Å². The van der Waals surface area contributed by atoms with Crippen LogP contribution in [0.4, 0.5) is 8.78 Å². The number of nitrogens with zero attached hydrogens (tertiary/aromatic N) is 2. The Hall–Kier alpha value is -1.60. The topological polar surface area (TPSA) is 55.1 Å². The number of thioether (sulfide) groups is 1. The quantitative estimate of drug-likeness (QED) is 0.819. The predicted molar refractivity (Wildman–Crippen MR) is 76.1 cm³/mol. The monoisotopic (exact) mass is 332 g/mol. The van der Waals surface area contributed by atoms with E-state index in [-0.39, 0.29) is 18.0 Å². The summed E-state index contributed by atoms with van der Waals surface area (Å²) < 4.78 is 26.8. The molecule has 0 amide bonds. The molecule has 0 aliphatic carbocycles. The number of aliphatic carboxylic acids is 1. The fourth-order valence-corrected chi connectivity index (χ4v) is 2.64. The summed E-state index contributed by atoms with van der Waals surface area (Å²) in [6, 6.07) is 8.17. The number of carboxylic acid groups (broad SMARTS) is 1. The van der Waals surface area contributed by atoms with E-state index in [9.17, 15) is 13.6 Å². The van der Waals surface area contributed by atoms with Crippen LogP contribution in [0.1, 0.15) is 17.7 Å². The number of aromatic nitrogens is 2. The van der Waals surface area contributed by atoms with Crippen molar-refractivity contribution in [1.29, 1.82) is 0 Å². The smallest absolute Gasteiger partial charge is 0.313 e. The van der Waals surface area contributed by atoms with Crippen molar-refractivity contribution < 1.29 is 18.7 Å². The standard InChI is InChI=1S/C13H11ClF2N2O2S/c14-9-3-1-2-8(4-9)6-18-11(21-7-12(19)20)5-10(17-18)13(15)16/h1-5,13H,6-7H2,(H,19,20). The van der Waals surface area contributed by atoms with Crippen LogP contribution in [-0.2, 0) is 11.3 Å². The van der Waals surface area contributed by atoms with E-state index in [1.54, 1.807) is 24.3 Å². The molecule has 112 valence electrons. The summed E-state index contributed by atoms with van der Waals surface area (Å²) in [6.07, 6.45) is -2.70. The van der Waals surface area contributed by atoms with Gasteiger partial charge >= 0.3 is 5.97 Å². The van der Waals surface area contributed by atoms with E-state index in [1.807, 2.05) is 0 Å². The Morgan fingerprint density at radius 1 is 1.43 bits per heavy atom. The van der Waals surface area contributed by atoms with Gasteiger partial charge in [0.05, 0.1) is 17.3 Å². The molecule has 0 spiro atoms. The summed E-state index contributed by atoms with van der Waals surface area (Å²) in [5.41, 5.74) is 0.425. The first-order valence-electron chi connectivity index (χ1n) is 5.90. The second kappa shape index (κ2) is 6.91. The van der Waals surface area contributed by atoms with Crippen molar-refractivity contribution in [3.05, 3.63) is 46.6 Å². The Morgan fingerprint density at radius 2 is 2.19 bits per heavy atom. The van der Waals surface area contributed by atoms with Crippen molar-refractivity contribution in [3.63, 3.8) is 0 Å². The lowest BCUT2D eigenvalue weighted by Gasteiger charge is -2.06. The molecule has 1 aromatic heterocycles. The second-order valence-corrected chi connectivity index (χ2v) is 5.61. The molecule has 2 aromatic rings. The van der Waals surface area contributed by atoms with Crippen LogP contribution in [0.3, 0.4) is 0 Å². The molecule has 0 atom stereocenters. The Balaban J connectivity index is 2.25. The van der Waals surface area contributed by atoms with Gasteiger partial charge in [-0.05, 0) is 23.8 Å². The van der Waals surface area contributed by atoms with Crippen molar-refractivity contribution in [2.45, 2.75) is 18.0 Å². The van der Waals surface area contributed by atoms with Gasteiger partial charge in [0.2, 0.25) is 0 Å². The Morgan fingerprint density at radius 3 is 2.81 bits per heavy atom. The lowest BCUT2D eigenvalue weighted by Crippen LogP contribution is -2.05. The minimum atomic E-state index is -2.70. The van der Waals surface area contributed by atoms with Gasteiger partial charge < -0.3 is 5.11 Å². The number of alkyl halides is 2. The lowest BCUT2D eigenvalue weighted by molar-refractivity contribution is -0.133. The molecule has 0 saturated heterocycles. The first-order valence-corrected chi connectivity index (χ1v) is 7.27. The maximum Gasteiger partial charge on any atom is 0.313 e. The number of hydrogen-bond donors (Lipinski definition) is 1. The van der Waals surface area contributed by atoms with Crippen molar-refractivity contribution in [2.75, 3.05) is 5.75 Å². The number of carboxylic acids is 1. The zero-order chi connectivity index (χ0) is 15.4. The number of rotatable bonds is 6. The van der Waals surface area contributed by atoms with E-state index in [1.165, 1.54) is 10.7 Å². The van der Waals surface area contributed by atoms with E-state index in [2.05, 4.69) is 5.10 Å². The van der Waals surface area contributed by atoms with Crippen LogP contribution in [0.5, 0.6) is 0 Å². The highest BCUT2D eigenvalue weighted by atomic mass is 35.5. The predicted octanol–water partition coefficient (Wildman–Crippen LogP) is 3.70. The zero-order valence-corrected chi connectivity index (χ0v) is 12.2. The van der Waals surface area contributed by atoms with E-state index in [4.69, 9.17) is 16.7 Å². The largest absolute Gasteiger partial charge is 0.481 e. The molecule has 1 heterocycles. The normalized spacial score (nSPS) is 11.0. The molecule has 1 N–H and O–H groups in total. The number of hydrogen-bond acceptors (Lipinski definition) is 3. The van der Waals surface area contributed by atoms with Gasteiger partial charge in [0.15, 0.2) is 0 Å². The molecule has 0 radical (unpaired) electrons. The van der Waals surface area contributed by atoms with Crippen LogP contribution in [-0.4, -0.2) is 26.6 Å². The van der Waals surface area contributed by atoms with Gasteiger partial charge in [-0.2, -0.15) is 5.10 Å². The van der Waals surface area contributed by atoms with Crippen LogP contribution < -0.4 is 0 Å². The maximum absolute atomic E-state index is 12.7. The van der Waals surface area contributed by atoms with Gasteiger partial charge in [0, 0.05) is 5.02 Å². The highest BCUT2D eigenvalue weighted by molar-refractivity contribution is 7.99. The van der Waals surface area contributed by atoms with Gasteiger partial charge in [-0.1, -0.05) is 35.5 Å². The maximum atomic E-state index is 12.7. The summed E-state index contributed by atoms with van der Waals surface area (Å²) in [5.74, 6) is -1.24. The van der Waals surface area contributed by atoms with Crippen molar-refractivity contribution in [2.24, 2.45) is 0 Å². The van der Waals surface area contributed by atoms with Crippen LogP contribution in [0, 0.1) is 0 Å². The Labute approximate surface area is 128 Å². The first kappa shape index (κ1) is 15.8. The molecule has 0 aliphatic heterocycles. The van der Waals surface area contributed by atoms with E-state index in [0.29, 0.717) is 10.0 Å². The molecule has 4 nitrogen and oxygen atoms in total. The molecule has 0 bridgehead atoms. The van der Waals surface area contributed by atoms with Crippen molar-refractivity contribution in [3.8, 4) is 0 Å². The third-order valence-electron chi connectivity index (χ3n) is 2.55. The number of carbonyl (C=O) groups is 1. The summed E-state index contributed by atoms with van der Waals surface area (Å²) in [4.78, 5) is 10.6. The van der Waals surface area contributed by atoms with E-state index < -0.39 is 12.4 Å². The molecule has 8 heteroatoms. The number of halogens is 3. The molecular formula is C13H11ClF2N2O2S. The average molecular weight is 333 g/mol. The van der Waals surface area contributed by atoms with Crippen molar-refractivity contribution in [1.82, 2.24) is 9.78 Å². The molecular weight excluding hydrogens is 322 g/mol. The minimum absolute atomic E-state index is 0.218. The highest BCUT2D eigenvalue weighted by Gasteiger charge is 2.17. The van der Waals surface area contributed by atoms with Crippen LogP contribution in [0.2, 0.25) is 5.02 Å². The van der Waals surface area contributed by atoms with Gasteiger partial charge in [-0.25, -0.2) is 8.78 Å². The Kier molecular flexibility index (Phi) is 5.19. The van der Waals surface area contributed by atoms with Gasteiger partial charge in [0.25, 0.3) is 6.43 Å². The molecule has 0 aliphatic rings. The SMILES string of the molecule is O=C(O)CSc1cc(C(F)F)nn1Cc1cccc(Cl)c1. The molecule has 0 fully saturated rings. The minimum Gasteiger partial charge on any atom is -0.481 e. The third kappa shape index (κ3) is 4.44.